The predicted octanol–water partition coefficient (Wildman–Crippen LogP) is 6.20. The van der Waals surface area contributed by atoms with E-state index in [0.29, 0.717) is 54.9 Å². The molecule has 0 unspecified atom stereocenters. The summed E-state index contributed by atoms with van der Waals surface area (Å²) in [5.74, 6) is -0.207. The Hall–Kier alpha value is -3.66. The van der Waals surface area contributed by atoms with E-state index < -0.39 is 23.1 Å². The molecule has 9 nitrogen and oxygen atoms in total. The Morgan fingerprint density at radius 1 is 1.21 bits per heavy atom. The Morgan fingerprint density at radius 3 is 2.66 bits per heavy atom. The fourth-order valence-electron chi connectivity index (χ4n) is 4.81. The summed E-state index contributed by atoms with van der Waals surface area (Å²) in [6, 6.07) is 8.34. The number of aryl methyl sites for hydroxylation is 1. The molecule has 0 saturated carbocycles. The monoisotopic (exact) mass is 541 g/mol. The summed E-state index contributed by atoms with van der Waals surface area (Å²) in [4.78, 5) is 37.5. The summed E-state index contributed by atoms with van der Waals surface area (Å²) in [6.07, 6.45) is 1.58. The van der Waals surface area contributed by atoms with Gasteiger partial charge in [-0.1, -0.05) is 17.7 Å². The maximum Gasteiger partial charge on any atom is 0.415 e. The van der Waals surface area contributed by atoms with Gasteiger partial charge in [-0.15, -0.1) is 0 Å². The molecule has 1 N–H and O–H groups in total. The van der Waals surface area contributed by atoms with E-state index in [4.69, 9.17) is 21.1 Å². The van der Waals surface area contributed by atoms with Crippen LogP contribution in [0.25, 0.3) is 10.9 Å². The molecule has 0 aliphatic carbocycles. The van der Waals surface area contributed by atoms with Gasteiger partial charge in [0, 0.05) is 31.3 Å². The molecule has 200 valence electrons. The number of halogens is 2. The Morgan fingerprint density at radius 2 is 1.95 bits per heavy atom. The third-order valence-corrected chi connectivity index (χ3v) is 7.04. The lowest BCUT2D eigenvalue weighted by Crippen LogP contribution is -2.49. The van der Waals surface area contributed by atoms with Crippen LogP contribution in [0.2, 0.25) is 5.02 Å². The number of amides is 2. The molecule has 0 radical (unpaired) electrons. The normalized spacial score (nSPS) is 17.2. The summed E-state index contributed by atoms with van der Waals surface area (Å²) in [7, 11) is 0. The lowest BCUT2D eigenvalue weighted by molar-refractivity contribution is -0.0167. The minimum Gasteiger partial charge on any atom is -0.444 e. The molecule has 1 spiro atoms. The number of hydrogen-bond acceptors (Lipinski definition) is 7. The molecule has 2 aliphatic heterocycles. The Kier molecular flexibility index (Phi) is 6.54. The van der Waals surface area contributed by atoms with Crippen molar-refractivity contribution in [2.75, 3.05) is 29.9 Å². The van der Waals surface area contributed by atoms with Crippen LogP contribution in [0.3, 0.4) is 0 Å². The van der Waals surface area contributed by atoms with Crippen molar-refractivity contribution in [1.82, 2.24) is 14.9 Å². The molecule has 11 heteroatoms. The standard InChI is InChI=1S/C27H29ClFN5O4/c1-16-12-20-17(23(31-15-30-20)32-19-7-5-6-18(28)22(19)29)13-21(16)34-14-27(38-25(34)36)8-10-33(11-9-27)24(35)37-26(2,3)4/h5-7,12-13,15H,8-11,14H2,1-4H3,(H,30,31,32). The van der Waals surface area contributed by atoms with Crippen LogP contribution < -0.4 is 10.2 Å². The maximum atomic E-state index is 14.5. The number of carbonyl (C=O) groups excluding carboxylic acids is 2. The number of likely N-dealkylation sites (tertiary alicyclic amines) is 1. The first-order valence-corrected chi connectivity index (χ1v) is 12.8. The van der Waals surface area contributed by atoms with Crippen molar-refractivity contribution in [2.45, 2.75) is 51.7 Å². The number of hydrogen-bond donors (Lipinski definition) is 1. The van der Waals surface area contributed by atoms with Gasteiger partial charge in [-0.05, 0) is 57.5 Å². The number of piperidine rings is 1. The number of benzene rings is 2. The highest BCUT2D eigenvalue weighted by molar-refractivity contribution is 6.31. The highest BCUT2D eigenvalue weighted by Crippen LogP contribution is 2.39. The second-order valence-corrected chi connectivity index (χ2v) is 11.1. The highest BCUT2D eigenvalue weighted by atomic mass is 35.5. The lowest BCUT2D eigenvalue weighted by atomic mass is 9.91. The van der Waals surface area contributed by atoms with Crippen LogP contribution in [-0.2, 0) is 9.47 Å². The van der Waals surface area contributed by atoms with Gasteiger partial charge in [0.05, 0.1) is 28.5 Å². The molecule has 2 aliphatic rings. The van der Waals surface area contributed by atoms with Crippen molar-refractivity contribution in [3.63, 3.8) is 0 Å². The van der Waals surface area contributed by atoms with Crippen LogP contribution in [-0.4, -0.2) is 57.9 Å². The fraction of sp³-hybridized carbons (Fsp3) is 0.407. The number of nitrogens with zero attached hydrogens (tertiary/aromatic N) is 4. The zero-order valence-corrected chi connectivity index (χ0v) is 22.4. The number of carbonyl (C=O) groups is 2. The molecular formula is C27H29ClFN5O4. The molecule has 1 aromatic heterocycles. The molecule has 0 bridgehead atoms. The van der Waals surface area contributed by atoms with Crippen molar-refractivity contribution in [1.29, 1.82) is 0 Å². The van der Waals surface area contributed by atoms with Crippen LogP contribution in [0.4, 0.5) is 31.2 Å². The topological polar surface area (TPSA) is 96.9 Å². The molecule has 5 rings (SSSR count). The summed E-state index contributed by atoms with van der Waals surface area (Å²) in [5, 5.41) is 3.60. The van der Waals surface area contributed by atoms with E-state index in [1.165, 1.54) is 12.4 Å². The quantitative estimate of drug-likeness (QED) is 0.421. The lowest BCUT2D eigenvalue weighted by Gasteiger charge is -2.37. The molecule has 38 heavy (non-hydrogen) atoms. The zero-order chi connectivity index (χ0) is 27.2. The van der Waals surface area contributed by atoms with Gasteiger partial charge in [0.15, 0.2) is 5.82 Å². The minimum atomic E-state index is -0.699. The third-order valence-electron chi connectivity index (χ3n) is 6.75. The zero-order valence-electron chi connectivity index (χ0n) is 21.7. The smallest absolute Gasteiger partial charge is 0.415 e. The van der Waals surface area contributed by atoms with Crippen LogP contribution in [0, 0.1) is 12.7 Å². The summed E-state index contributed by atoms with van der Waals surface area (Å²) >= 11 is 5.94. The Labute approximate surface area is 224 Å². The van der Waals surface area contributed by atoms with Gasteiger partial charge in [-0.25, -0.2) is 23.9 Å². The molecular weight excluding hydrogens is 513 g/mol. The molecule has 2 saturated heterocycles. The van der Waals surface area contributed by atoms with E-state index in [1.54, 1.807) is 21.9 Å². The van der Waals surface area contributed by atoms with Gasteiger partial charge in [-0.2, -0.15) is 0 Å². The van der Waals surface area contributed by atoms with Crippen molar-refractivity contribution < 1.29 is 23.5 Å². The summed E-state index contributed by atoms with van der Waals surface area (Å²) in [5.41, 5.74) is 1.02. The third kappa shape index (κ3) is 5.05. The van der Waals surface area contributed by atoms with E-state index >= 15 is 0 Å². The number of rotatable bonds is 3. The van der Waals surface area contributed by atoms with Gasteiger partial charge in [0.1, 0.15) is 23.3 Å². The maximum absolute atomic E-state index is 14.5. The Balaban J connectivity index is 1.39. The fourth-order valence-corrected chi connectivity index (χ4v) is 4.98. The molecule has 2 fully saturated rings. The van der Waals surface area contributed by atoms with Gasteiger partial charge in [-0.3, -0.25) is 4.90 Å². The first kappa shape index (κ1) is 26.0. The van der Waals surface area contributed by atoms with Gasteiger partial charge in [0.25, 0.3) is 0 Å². The molecule has 2 aromatic carbocycles. The largest absolute Gasteiger partial charge is 0.444 e. The van der Waals surface area contributed by atoms with E-state index in [-0.39, 0.29) is 16.8 Å². The second-order valence-electron chi connectivity index (χ2n) is 10.7. The number of aromatic nitrogens is 2. The van der Waals surface area contributed by atoms with Crippen LogP contribution in [0.15, 0.2) is 36.7 Å². The van der Waals surface area contributed by atoms with Gasteiger partial charge in [0.2, 0.25) is 0 Å². The van der Waals surface area contributed by atoms with Crippen LogP contribution in [0.5, 0.6) is 0 Å². The highest BCUT2D eigenvalue weighted by Gasteiger charge is 2.48. The minimum absolute atomic E-state index is 0.00674. The van der Waals surface area contributed by atoms with Gasteiger partial charge >= 0.3 is 12.2 Å². The first-order chi connectivity index (χ1) is 17.9. The SMILES string of the molecule is Cc1cc2ncnc(Nc3cccc(Cl)c3F)c2cc1N1CC2(CCN(C(=O)OC(C)(C)C)CC2)OC1=O. The number of ether oxygens (including phenoxy) is 2. The molecule has 3 heterocycles. The molecule has 0 atom stereocenters. The molecule has 3 aromatic rings. The van der Waals surface area contributed by atoms with Crippen molar-refractivity contribution >= 4 is 51.9 Å². The van der Waals surface area contributed by atoms with E-state index in [1.807, 2.05) is 39.8 Å². The second kappa shape index (κ2) is 9.58. The number of anilines is 3. The van der Waals surface area contributed by atoms with Crippen molar-refractivity contribution in [3.8, 4) is 0 Å². The Bertz CT molecular complexity index is 1420. The average molecular weight is 542 g/mol. The van der Waals surface area contributed by atoms with Crippen LogP contribution >= 0.6 is 11.6 Å². The number of nitrogens with one attached hydrogen (secondary N) is 1. The van der Waals surface area contributed by atoms with Crippen molar-refractivity contribution in [2.24, 2.45) is 0 Å². The van der Waals surface area contributed by atoms with Crippen molar-refractivity contribution in [3.05, 3.63) is 53.1 Å². The van der Waals surface area contributed by atoms with Gasteiger partial charge < -0.3 is 19.7 Å². The van der Waals surface area contributed by atoms with Crippen LogP contribution in [0.1, 0.15) is 39.2 Å². The summed E-state index contributed by atoms with van der Waals surface area (Å²) < 4.78 is 25.9. The van der Waals surface area contributed by atoms with E-state index in [2.05, 4.69) is 15.3 Å². The first-order valence-electron chi connectivity index (χ1n) is 12.4. The molecule has 2 amide bonds. The number of fused-ring (bicyclic) bond motifs is 1. The van der Waals surface area contributed by atoms with E-state index in [9.17, 15) is 14.0 Å². The average Bonchev–Trinajstić information content (AvgIpc) is 3.16. The summed E-state index contributed by atoms with van der Waals surface area (Å²) in [6.45, 7) is 8.59. The van der Waals surface area contributed by atoms with E-state index in [0.717, 1.165) is 5.56 Å². The predicted molar refractivity (Wildman–Crippen MR) is 143 cm³/mol.